The molecule has 12 heteroatoms. The molecular weight excluding hydrogens is 350 g/mol. The first-order chi connectivity index (χ1) is 12.4. The highest BCUT2D eigenvalue weighted by Crippen LogP contribution is 2.28. The SMILES string of the molecule is O=C(NOCC(=O)N1CCN(C(=O)O)CC1)[C@@H]1CC[C@@H]2CN1C(=O)N2O. The smallest absolute Gasteiger partial charge is 0.407 e. The van der Waals surface area contributed by atoms with E-state index in [9.17, 15) is 24.4 Å². The number of nitrogens with zero attached hydrogens (tertiary/aromatic N) is 4. The molecule has 0 saturated carbocycles. The molecule has 3 rings (SSSR count). The Balaban J connectivity index is 1.41. The van der Waals surface area contributed by atoms with Gasteiger partial charge in [-0.25, -0.2) is 20.1 Å². The fourth-order valence-corrected chi connectivity index (χ4v) is 3.40. The van der Waals surface area contributed by atoms with E-state index in [0.29, 0.717) is 17.9 Å². The van der Waals surface area contributed by atoms with Crippen LogP contribution in [-0.4, -0.2) is 105 Å². The summed E-state index contributed by atoms with van der Waals surface area (Å²) in [6.07, 6.45) is -0.120. The summed E-state index contributed by atoms with van der Waals surface area (Å²) >= 11 is 0. The Bertz CT molecular complexity index is 606. The number of carbonyl (C=O) groups is 4. The van der Waals surface area contributed by atoms with Gasteiger partial charge in [0.05, 0.1) is 6.04 Å². The fraction of sp³-hybridized carbons (Fsp3) is 0.714. The number of fused-ring (bicyclic) bond motifs is 2. The molecule has 12 nitrogen and oxygen atoms in total. The van der Waals surface area contributed by atoms with E-state index in [1.807, 2.05) is 0 Å². The van der Waals surface area contributed by atoms with Crippen molar-refractivity contribution in [3.63, 3.8) is 0 Å². The average Bonchev–Trinajstić information content (AvgIpc) is 2.86. The van der Waals surface area contributed by atoms with E-state index in [1.165, 1.54) is 14.7 Å². The van der Waals surface area contributed by atoms with Gasteiger partial charge in [0.15, 0.2) is 6.61 Å². The Labute approximate surface area is 148 Å². The van der Waals surface area contributed by atoms with Crippen LogP contribution in [0.15, 0.2) is 0 Å². The average molecular weight is 371 g/mol. The van der Waals surface area contributed by atoms with Crippen LogP contribution in [0.25, 0.3) is 0 Å². The summed E-state index contributed by atoms with van der Waals surface area (Å²) < 4.78 is 0. The van der Waals surface area contributed by atoms with Crippen molar-refractivity contribution in [3.05, 3.63) is 0 Å². The molecule has 2 bridgehead atoms. The second kappa shape index (κ2) is 7.33. The van der Waals surface area contributed by atoms with Gasteiger partial charge in [0.1, 0.15) is 6.04 Å². The lowest BCUT2D eigenvalue weighted by molar-refractivity contribution is -0.148. The second-order valence-electron chi connectivity index (χ2n) is 6.43. The van der Waals surface area contributed by atoms with Gasteiger partial charge in [0, 0.05) is 32.7 Å². The Morgan fingerprint density at radius 1 is 1.12 bits per heavy atom. The zero-order chi connectivity index (χ0) is 18.8. The molecule has 0 spiro atoms. The highest BCUT2D eigenvalue weighted by Gasteiger charge is 2.46. The first-order valence-electron chi connectivity index (χ1n) is 8.34. The molecule has 144 valence electrons. The van der Waals surface area contributed by atoms with Crippen LogP contribution in [0.3, 0.4) is 0 Å². The van der Waals surface area contributed by atoms with Crippen LogP contribution in [0.1, 0.15) is 12.8 Å². The van der Waals surface area contributed by atoms with Gasteiger partial charge in [-0.15, -0.1) is 0 Å². The van der Waals surface area contributed by atoms with Gasteiger partial charge in [0.2, 0.25) is 0 Å². The monoisotopic (exact) mass is 371 g/mol. The van der Waals surface area contributed by atoms with E-state index in [0.717, 1.165) is 0 Å². The van der Waals surface area contributed by atoms with Crippen LogP contribution in [0.2, 0.25) is 0 Å². The molecule has 0 aromatic heterocycles. The standard InChI is InChI=1S/C14H21N5O7/c20-11(16-3-5-17(6-4-16)14(23)24)8-26-15-12(21)10-2-1-9-7-18(10)13(22)19(9)25/h9-10,25H,1-8H2,(H,15,21)(H,23,24)/t9-,10+/m1/s1. The van der Waals surface area contributed by atoms with Crippen molar-refractivity contribution in [2.24, 2.45) is 0 Å². The van der Waals surface area contributed by atoms with Crippen molar-refractivity contribution in [2.45, 2.75) is 24.9 Å². The summed E-state index contributed by atoms with van der Waals surface area (Å²) in [5.74, 6) is -0.909. The number of rotatable bonds is 4. The minimum Gasteiger partial charge on any atom is -0.465 e. The largest absolute Gasteiger partial charge is 0.465 e. The molecule has 0 radical (unpaired) electrons. The zero-order valence-electron chi connectivity index (χ0n) is 14.0. The first-order valence-corrected chi connectivity index (χ1v) is 8.34. The molecular formula is C14H21N5O7. The van der Waals surface area contributed by atoms with Crippen LogP contribution in [-0.2, 0) is 14.4 Å². The summed E-state index contributed by atoms with van der Waals surface area (Å²) in [7, 11) is 0. The minimum absolute atomic E-state index is 0.228. The Kier molecular flexibility index (Phi) is 5.13. The molecule has 3 aliphatic heterocycles. The molecule has 0 aromatic carbocycles. The molecule has 0 aromatic rings. The maximum absolute atomic E-state index is 12.2. The summed E-state index contributed by atoms with van der Waals surface area (Å²) in [5, 5.41) is 19.1. The summed E-state index contributed by atoms with van der Waals surface area (Å²) in [6.45, 7) is 0.882. The number of hydrogen-bond acceptors (Lipinski definition) is 6. The summed E-state index contributed by atoms with van der Waals surface area (Å²) in [4.78, 5) is 55.8. The number of hydrogen-bond donors (Lipinski definition) is 3. The Hall–Kier alpha value is -2.60. The number of nitrogens with one attached hydrogen (secondary N) is 1. The zero-order valence-corrected chi connectivity index (χ0v) is 14.0. The summed E-state index contributed by atoms with van der Waals surface area (Å²) in [6, 6.07) is -1.65. The van der Waals surface area contributed by atoms with Gasteiger partial charge in [0.25, 0.3) is 11.8 Å². The van der Waals surface area contributed by atoms with Crippen molar-refractivity contribution in [3.8, 4) is 0 Å². The molecule has 3 saturated heterocycles. The molecule has 3 N–H and O–H groups in total. The van der Waals surface area contributed by atoms with E-state index in [4.69, 9.17) is 9.94 Å². The number of piperazine rings is 1. The number of carbonyl (C=O) groups excluding carboxylic acids is 3. The van der Waals surface area contributed by atoms with Crippen LogP contribution >= 0.6 is 0 Å². The molecule has 5 amide bonds. The predicted octanol–water partition coefficient (Wildman–Crippen LogP) is -1.49. The van der Waals surface area contributed by atoms with E-state index < -0.39 is 24.1 Å². The first kappa shape index (κ1) is 18.2. The van der Waals surface area contributed by atoms with Crippen LogP contribution in [0.5, 0.6) is 0 Å². The molecule has 3 aliphatic rings. The minimum atomic E-state index is -1.02. The van der Waals surface area contributed by atoms with Crippen LogP contribution in [0, 0.1) is 0 Å². The van der Waals surface area contributed by atoms with Gasteiger partial charge in [-0.05, 0) is 12.8 Å². The van der Waals surface area contributed by atoms with Gasteiger partial charge >= 0.3 is 12.1 Å². The van der Waals surface area contributed by atoms with Crippen molar-refractivity contribution in [1.82, 2.24) is 25.2 Å². The molecule has 0 aliphatic carbocycles. The third-order valence-corrected chi connectivity index (χ3v) is 4.92. The highest BCUT2D eigenvalue weighted by molar-refractivity contribution is 5.88. The highest BCUT2D eigenvalue weighted by atomic mass is 16.7. The Morgan fingerprint density at radius 2 is 1.77 bits per heavy atom. The lowest BCUT2D eigenvalue weighted by atomic mass is 10.0. The molecule has 26 heavy (non-hydrogen) atoms. The van der Waals surface area contributed by atoms with Crippen molar-refractivity contribution in [2.75, 3.05) is 39.3 Å². The molecule has 2 atom stereocenters. The third kappa shape index (κ3) is 3.51. The van der Waals surface area contributed by atoms with Crippen LogP contribution < -0.4 is 5.48 Å². The quantitative estimate of drug-likeness (QED) is 0.404. The number of carboxylic acid groups (broad SMARTS) is 1. The van der Waals surface area contributed by atoms with Gasteiger partial charge < -0.3 is 19.8 Å². The predicted molar refractivity (Wildman–Crippen MR) is 82.8 cm³/mol. The van der Waals surface area contributed by atoms with Crippen molar-refractivity contribution >= 4 is 23.9 Å². The van der Waals surface area contributed by atoms with Gasteiger partial charge in [-0.1, -0.05) is 0 Å². The summed E-state index contributed by atoms with van der Waals surface area (Å²) in [5.41, 5.74) is 2.18. The van der Waals surface area contributed by atoms with E-state index in [-0.39, 0.29) is 51.3 Å². The fourth-order valence-electron chi connectivity index (χ4n) is 3.40. The van der Waals surface area contributed by atoms with Crippen molar-refractivity contribution < 1.29 is 34.3 Å². The van der Waals surface area contributed by atoms with Gasteiger partial charge in [-0.3, -0.25) is 19.6 Å². The third-order valence-electron chi connectivity index (χ3n) is 4.92. The Morgan fingerprint density at radius 3 is 2.42 bits per heavy atom. The van der Waals surface area contributed by atoms with Gasteiger partial charge in [-0.2, -0.15) is 0 Å². The van der Waals surface area contributed by atoms with E-state index in [1.54, 1.807) is 0 Å². The lowest BCUT2D eigenvalue weighted by Gasteiger charge is -2.33. The lowest BCUT2D eigenvalue weighted by Crippen LogP contribution is -2.52. The topological polar surface area (TPSA) is 143 Å². The maximum atomic E-state index is 12.2. The van der Waals surface area contributed by atoms with Crippen molar-refractivity contribution in [1.29, 1.82) is 0 Å². The number of hydroxylamine groups is 3. The molecule has 0 unspecified atom stereocenters. The van der Waals surface area contributed by atoms with E-state index in [2.05, 4.69) is 5.48 Å². The molecule has 3 fully saturated rings. The maximum Gasteiger partial charge on any atom is 0.407 e. The van der Waals surface area contributed by atoms with Crippen LogP contribution in [0.4, 0.5) is 9.59 Å². The number of amides is 5. The van der Waals surface area contributed by atoms with E-state index >= 15 is 0 Å². The molecule has 3 heterocycles. The second-order valence-corrected chi connectivity index (χ2v) is 6.43. The number of piperidine rings is 1. The number of urea groups is 1. The normalized spacial score (nSPS) is 25.5.